The maximum atomic E-state index is 11.6. The Kier molecular flexibility index (Phi) is 3.98. The van der Waals surface area contributed by atoms with E-state index in [9.17, 15) is 4.79 Å². The fourth-order valence-electron chi connectivity index (χ4n) is 2.11. The Bertz CT molecular complexity index is 458. The highest BCUT2D eigenvalue weighted by atomic mass is 16.5. The smallest absolute Gasteiger partial charge is 0.266 e. The van der Waals surface area contributed by atoms with E-state index in [1.807, 2.05) is 0 Å². The van der Waals surface area contributed by atoms with Gasteiger partial charge in [-0.05, 0) is 19.9 Å². The quantitative estimate of drug-likeness (QED) is 0.815. The molecule has 2 rings (SSSR count). The third kappa shape index (κ3) is 3.08. The summed E-state index contributed by atoms with van der Waals surface area (Å²) in [5, 5.41) is 4.02. The van der Waals surface area contributed by atoms with Gasteiger partial charge in [-0.2, -0.15) is 5.10 Å². The molecule has 0 saturated carbocycles. The number of nitrogens with zero attached hydrogens (tertiary/aromatic N) is 3. The Morgan fingerprint density at radius 3 is 3.06 bits per heavy atom. The molecule has 2 N–H and O–H groups in total. The van der Waals surface area contributed by atoms with Gasteiger partial charge in [-0.1, -0.05) is 0 Å². The van der Waals surface area contributed by atoms with Crippen LogP contribution < -0.4 is 11.3 Å². The molecule has 1 saturated heterocycles. The van der Waals surface area contributed by atoms with Crippen LogP contribution in [0.25, 0.3) is 0 Å². The summed E-state index contributed by atoms with van der Waals surface area (Å²) in [4.78, 5) is 14.0. The van der Waals surface area contributed by atoms with Gasteiger partial charge < -0.3 is 10.5 Å². The Morgan fingerprint density at radius 2 is 2.33 bits per heavy atom. The molecule has 1 fully saturated rings. The molecular weight excluding hydrogens is 232 g/mol. The minimum atomic E-state index is -0.144. The Labute approximate surface area is 106 Å². The summed E-state index contributed by atoms with van der Waals surface area (Å²) in [5.41, 5.74) is 5.44. The second-order valence-electron chi connectivity index (χ2n) is 4.86. The SMILES string of the molecule is CC(C)N1CCOC(Cn2nc(N)ccc2=O)C1. The van der Waals surface area contributed by atoms with E-state index >= 15 is 0 Å². The minimum absolute atomic E-state index is 0.00634. The molecule has 0 spiro atoms. The van der Waals surface area contributed by atoms with E-state index < -0.39 is 0 Å². The fraction of sp³-hybridized carbons (Fsp3) is 0.667. The Hall–Kier alpha value is -1.40. The summed E-state index contributed by atoms with van der Waals surface area (Å²) in [6.45, 7) is 7.22. The van der Waals surface area contributed by atoms with Crippen molar-refractivity contribution in [2.45, 2.75) is 32.5 Å². The zero-order valence-electron chi connectivity index (χ0n) is 10.9. The average molecular weight is 252 g/mol. The van der Waals surface area contributed by atoms with Crippen LogP contribution in [-0.4, -0.2) is 46.5 Å². The molecule has 1 aliphatic rings. The number of nitrogen functional groups attached to an aromatic ring is 1. The van der Waals surface area contributed by atoms with Crippen molar-refractivity contribution in [3.05, 3.63) is 22.5 Å². The lowest BCUT2D eigenvalue weighted by Crippen LogP contribution is -2.48. The van der Waals surface area contributed by atoms with Gasteiger partial charge in [0.15, 0.2) is 0 Å². The number of hydrogen-bond donors (Lipinski definition) is 1. The summed E-state index contributed by atoms with van der Waals surface area (Å²) in [6.07, 6.45) is -0.00634. The first kappa shape index (κ1) is 13.0. The molecule has 18 heavy (non-hydrogen) atoms. The molecule has 1 aromatic rings. The van der Waals surface area contributed by atoms with Crippen LogP contribution in [0, 0.1) is 0 Å². The summed E-state index contributed by atoms with van der Waals surface area (Å²) >= 11 is 0. The molecule has 0 aliphatic carbocycles. The van der Waals surface area contributed by atoms with Crippen LogP contribution in [0.1, 0.15) is 13.8 Å². The molecule has 1 atom stereocenters. The monoisotopic (exact) mass is 252 g/mol. The molecule has 1 aliphatic heterocycles. The molecule has 0 bridgehead atoms. The van der Waals surface area contributed by atoms with Crippen LogP contribution in [0.4, 0.5) is 5.82 Å². The van der Waals surface area contributed by atoms with E-state index in [2.05, 4.69) is 23.8 Å². The number of nitrogens with two attached hydrogens (primary N) is 1. The average Bonchev–Trinajstić information content (AvgIpc) is 2.34. The summed E-state index contributed by atoms with van der Waals surface area (Å²) in [5.74, 6) is 0.353. The van der Waals surface area contributed by atoms with Crippen LogP contribution in [0.15, 0.2) is 16.9 Å². The van der Waals surface area contributed by atoms with Gasteiger partial charge >= 0.3 is 0 Å². The third-order valence-corrected chi connectivity index (χ3v) is 3.16. The van der Waals surface area contributed by atoms with Crippen molar-refractivity contribution in [1.82, 2.24) is 14.7 Å². The second kappa shape index (κ2) is 5.49. The van der Waals surface area contributed by atoms with Crippen LogP contribution in [0.5, 0.6) is 0 Å². The molecule has 0 aromatic carbocycles. The zero-order chi connectivity index (χ0) is 13.1. The first-order valence-corrected chi connectivity index (χ1v) is 6.25. The predicted octanol–water partition coefficient (Wildman–Crippen LogP) is -0.0653. The maximum Gasteiger partial charge on any atom is 0.266 e. The Morgan fingerprint density at radius 1 is 1.56 bits per heavy atom. The van der Waals surface area contributed by atoms with Crippen molar-refractivity contribution in [2.75, 3.05) is 25.4 Å². The number of aromatic nitrogens is 2. The van der Waals surface area contributed by atoms with Gasteiger partial charge in [0.25, 0.3) is 5.56 Å². The molecule has 2 heterocycles. The van der Waals surface area contributed by atoms with Crippen LogP contribution >= 0.6 is 0 Å². The second-order valence-corrected chi connectivity index (χ2v) is 4.86. The normalized spacial score (nSPS) is 21.4. The van der Waals surface area contributed by atoms with Gasteiger partial charge in [0, 0.05) is 25.2 Å². The molecule has 6 nitrogen and oxygen atoms in total. The maximum absolute atomic E-state index is 11.6. The van der Waals surface area contributed by atoms with E-state index in [1.54, 1.807) is 0 Å². The van der Waals surface area contributed by atoms with Crippen molar-refractivity contribution >= 4 is 5.82 Å². The first-order valence-electron chi connectivity index (χ1n) is 6.25. The van der Waals surface area contributed by atoms with Crippen molar-refractivity contribution in [3.8, 4) is 0 Å². The number of ether oxygens (including phenoxy) is 1. The van der Waals surface area contributed by atoms with Gasteiger partial charge in [-0.25, -0.2) is 4.68 Å². The highest BCUT2D eigenvalue weighted by Crippen LogP contribution is 2.09. The number of anilines is 1. The van der Waals surface area contributed by atoms with Gasteiger partial charge in [-0.3, -0.25) is 9.69 Å². The molecular formula is C12H20N4O2. The number of hydrogen-bond acceptors (Lipinski definition) is 5. The lowest BCUT2D eigenvalue weighted by atomic mass is 10.2. The van der Waals surface area contributed by atoms with Gasteiger partial charge in [-0.15, -0.1) is 0 Å². The zero-order valence-corrected chi connectivity index (χ0v) is 10.9. The van der Waals surface area contributed by atoms with E-state index in [0.717, 1.165) is 13.1 Å². The third-order valence-electron chi connectivity index (χ3n) is 3.16. The first-order chi connectivity index (χ1) is 8.56. The van der Waals surface area contributed by atoms with E-state index in [0.29, 0.717) is 25.0 Å². The van der Waals surface area contributed by atoms with E-state index in [-0.39, 0.29) is 11.7 Å². The largest absolute Gasteiger partial charge is 0.382 e. The van der Waals surface area contributed by atoms with Gasteiger partial charge in [0.05, 0.1) is 19.3 Å². The van der Waals surface area contributed by atoms with Crippen molar-refractivity contribution < 1.29 is 4.74 Å². The summed E-state index contributed by atoms with van der Waals surface area (Å²) < 4.78 is 7.05. The highest BCUT2D eigenvalue weighted by Gasteiger charge is 2.23. The van der Waals surface area contributed by atoms with Crippen molar-refractivity contribution in [2.24, 2.45) is 0 Å². The van der Waals surface area contributed by atoms with Gasteiger partial charge in [0.2, 0.25) is 0 Å². The molecule has 0 amide bonds. The van der Waals surface area contributed by atoms with Crippen LogP contribution in [0.2, 0.25) is 0 Å². The molecule has 100 valence electrons. The minimum Gasteiger partial charge on any atom is -0.382 e. The number of morpholine rings is 1. The predicted molar refractivity (Wildman–Crippen MR) is 69.4 cm³/mol. The van der Waals surface area contributed by atoms with E-state index in [4.69, 9.17) is 10.5 Å². The summed E-state index contributed by atoms with van der Waals surface area (Å²) in [6, 6.07) is 3.44. The van der Waals surface area contributed by atoms with Crippen molar-refractivity contribution in [1.29, 1.82) is 0 Å². The molecule has 1 aromatic heterocycles. The van der Waals surface area contributed by atoms with Crippen LogP contribution in [0.3, 0.4) is 0 Å². The lowest BCUT2D eigenvalue weighted by molar-refractivity contribution is -0.0474. The summed E-state index contributed by atoms with van der Waals surface area (Å²) in [7, 11) is 0. The highest BCUT2D eigenvalue weighted by molar-refractivity contribution is 5.23. The molecule has 6 heteroatoms. The number of rotatable bonds is 3. The Balaban J connectivity index is 2.04. The molecule has 1 unspecified atom stereocenters. The topological polar surface area (TPSA) is 73.4 Å². The van der Waals surface area contributed by atoms with E-state index in [1.165, 1.54) is 16.8 Å². The van der Waals surface area contributed by atoms with Crippen molar-refractivity contribution in [3.63, 3.8) is 0 Å². The molecule has 0 radical (unpaired) electrons. The van der Waals surface area contributed by atoms with Gasteiger partial charge in [0.1, 0.15) is 5.82 Å². The van der Waals surface area contributed by atoms with Crippen LogP contribution in [-0.2, 0) is 11.3 Å². The fourth-order valence-corrected chi connectivity index (χ4v) is 2.11. The lowest BCUT2D eigenvalue weighted by Gasteiger charge is -2.35. The standard InChI is InChI=1S/C12H20N4O2/c1-9(2)15-5-6-18-10(7-15)8-16-12(17)4-3-11(13)14-16/h3-4,9-10H,5-8H2,1-2H3,(H2,13,14).